The maximum atomic E-state index is 12.5. The Morgan fingerprint density at radius 1 is 1.36 bits per heavy atom. The van der Waals surface area contributed by atoms with E-state index in [1.165, 1.54) is 11.1 Å². The van der Waals surface area contributed by atoms with Gasteiger partial charge < -0.3 is 15.0 Å². The van der Waals surface area contributed by atoms with Gasteiger partial charge in [0.25, 0.3) is 0 Å². The monoisotopic (exact) mass is 302 g/mol. The van der Waals surface area contributed by atoms with Crippen LogP contribution in [0.3, 0.4) is 0 Å². The van der Waals surface area contributed by atoms with Gasteiger partial charge in [0.05, 0.1) is 19.1 Å². The van der Waals surface area contributed by atoms with Gasteiger partial charge in [-0.2, -0.15) is 0 Å². The molecule has 0 aromatic heterocycles. The van der Waals surface area contributed by atoms with Crippen LogP contribution in [-0.4, -0.2) is 43.5 Å². The molecule has 1 N–H and O–H groups in total. The lowest BCUT2D eigenvalue weighted by Gasteiger charge is -2.32. The Hall–Kier alpha value is -1.88. The molecule has 1 aromatic rings. The number of nitrogens with zero attached hydrogens (tertiary/aromatic N) is 1. The third-order valence-electron chi connectivity index (χ3n) is 4.52. The van der Waals surface area contributed by atoms with Crippen molar-refractivity contribution in [2.45, 2.75) is 25.4 Å². The van der Waals surface area contributed by atoms with Crippen molar-refractivity contribution < 1.29 is 14.3 Å². The molecule has 1 fully saturated rings. The Bertz CT molecular complexity index is 563. The van der Waals surface area contributed by atoms with E-state index in [1.54, 1.807) is 4.90 Å². The van der Waals surface area contributed by atoms with E-state index in [1.807, 2.05) is 19.2 Å². The molecule has 2 aliphatic heterocycles. The summed E-state index contributed by atoms with van der Waals surface area (Å²) in [6, 6.07) is 8.27. The highest BCUT2D eigenvalue weighted by Gasteiger charge is 2.29. The van der Waals surface area contributed by atoms with Crippen molar-refractivity contribution in [1.29, 1.82) is 0 Å². The summed E-state index contributed by atoms with van der Waals surface area (Å²) >= 11 is 0. The predicted molar refractivity (Wildman–Crippen MR) is 82.2 cm³/mol. The second kappa shape index (κ2) is 6.48. The molecule has 3 rings (SSSR count). The lowest BCUT2D eigenvalue weighted by Crippen LogP contribution is -2.45. The summed E-state index contributed by atoms with van der Waals surface area (Å²) in [5.74, 6) is 0.0180. The normalized spacial score (nSPS) is 24.3. The summed E-state index contributed by atoms with van der Waals surface area (Å²) in [5, 5.41) is 2.77. The number of rotatable bonds is 3. The molecule has 0 aliphatic carbocycles. The number of fused-ring (bicyclic) bond motifs is 1. The summed E-state index contributed by atoms with van der Waals surface area (Å²) in [4.78, 5) is 25.5. The molecule has 22 heavy (non-hydrogen) atoms. The molecule has 0 radical (unpaired) electrons. The number of nitrogens with one attached hydrogen (secondary N) is 1. The van der Waals surface area contributed by atoms with Gasteiger partial charge in [0.2, 0.25) is 11.8 Å². The summed E-state index contributed by atoms with van der Waals surface area (Å²) < 4.78 is 5.87. The standard InChI is InChI=1S/C17H22N2O3/c1-19(17(21)13-6-7-16(20)18-10-13)11-15-14-5-3-2-4-12(14)8-9-22-15/h2-5,13,15H,6-11H2,1H3,(H,18,20)/t13-,15-/m1/s1. The zero-order valence-corrected chi connectivity index (χ0v) is 12.9. The number of hydrogen-bond donors (Lipinski definition) is 1. The Balaban J connectivity index is 1.63. The second-order valence-electron chi connectivity index (χ2n) is 6.07. The van der Waals surface area contributed by atoms with Crippen LogP contribution in [0.2, 0.25) is 0 Å². The maximum Gasteiger partial charge on any atom is 0.227 e. The molecule has 5 nitrogen and oxygen atoms in total. The average molecular weight is 302 g/mol. The van der Waals surface area contributed by atoms with E-state index in [-0.39, 0.29) is 23.8 Å². The fraction of sp³-hybridized carbons (Fsp3) is 0.529. The van der Waals surface area contributed by atoms with Crippen molar-refractivity contribution in [2.24, 2.45) is 5.92 Å². The molecule has 0 bridgehead atoms. The van der Waals surface area contributed by atoms with Gasteiger partial charge in [0.15, 0.2) is 0 Å². The van der Waals surface area contributed by atoms with Crippen LogP contribution < -0.4 is 5.32 Å². The minimum Gasteiger partial charge on any atom is -0.371 e. The third-order valence-corrected chi connectivity index (χ3v) is 4.52. The average Bonchev–Trinajstić information content (AvgIpc) is 2.55. The van der Waals surface area contributed by atoms with Crippen LogP contribution in [0.1, 0.15) is 30.1 Å². The molecule has 2 atom stereocenters. The van der Waals surface area contributed by atoms with E-state index in [2.05, 4.69) is 17.4 Å². The van der Waals surface area contributed by atoms with Crippen LogP contribution in [0, 0.1) is 5.92 Å². The first-order valence-corrected chi connectivity index (χ1v) is 7.86. The molecular weight excluding hydrogens is 280 g/mol. The van der Waals surface area contributed by atoms with Gasteiger partial charge >= 0.3 is 0 Å². The Morgan fingerprint density at radius 2 is 2.18 bits per heavy atom. The number of carbonyl (C=O) groups is 2. The minimum atomic E-state index is -0.110. The van der Waals surface area contributed by atoms with E-state index in [0.29, 0.717) is 32.5 Å². The van der Waals surface area contributed by atoms with Crippen LogP contribution in [0.4, 0.5) is 0 Å². The highest BCUT2D eigenvalue weighted by molar-refractivity contribution is 5.83. The van der Waals surface area contributed by atoms with Gasteiger partial charge in [-0.3, -0.25) is 9.59 Å². The Kier molecular flexibility index (Phi) is 4.43. The van der Waals surface area contributed by atoms with Gasteiger partial charge in [-0.15, -0.1) is 0 Å². The molecule has 1 aromatic carbocycles. The van der Waals surface area contributed by atoms with Crippen LogP contribution in [0.25, 0.3) is 0 Å². The van der Waals surface area contributed by atoms with Crippen molar-refractivity contribution in [3.63, 3.8) is 0 Å². The molecule has 1 saturated heterocycles. The lowest BCUT2D eigenvalue weighted by atomic mass is 9.95. The van der Waals surface area contributed by atoms with Crippen LogP contribution in [0.5, 0.6) is 0 Å². The quantitative estimate of drug-likeness (QED) is 0.915. The third kappa shape index (κ3) is 3.14. The second-order valence-corrected chi connectivity index (χ2v) is 6.07. The number of hydrogen-bond acceptors (Lipinski definition) is 3. The fourth-order valence-corrected chi connectivity index (χ4v) is 3.22. The minimum absolute atomic E-state index is 0.0382. The van der Waals surface area contributed by atoms with Crippen molar-refractivity contribution in [2.75, 3.05) is 26.7 Å². The Labute approximate surface area is 130 Å². The predicted octanol–water partition coefficient (Wildman–Crippen LogP) is 1.28. The largest absolute Gasteiger partial charge is 0.371 e. The van der Waals surface area contributed by atoms with Crippen molar-refractivity contribution in [3.8, 4) is 0 Å². The summed E-state index contributed by atoms with van der Waals surface area (Å²) in [7, 11) is 1.82. The van der Waals surface area contributed by atoms with Gasteiger partial charge in [-0.1, -0.05) is 24.3 Å². The molecule has 5 heteroatoms. The topological polar surface area (TPSA) is 58.6 Å². The van der Waals surface area contributed by atoms with Crippen molar-refractivity contribution in [3.05, 3.63) is 35.4 Å². The molecule has 2 aliphatic rings. The molecule has 2 amide bonds. The van der Waals surface area contributed by atoms with Crippen LogP contribution in [-0.2, 0) is 20.7 Å². The smallest absolute Gasteiger partial charge is 0.227 e. The molecule has 0 spiro atoms. The van der Waals surface area contributed by atoms with E-state index in [0.717, 1.165) is 6.42 Å². The number of amides is 2. The highest BCUT2D eigenvalue weighted by atomic mass is 16.5. The number of piperidine rings is 1. The SMILES string of the molecule is CN(C[C@H]1OCCc2ccccc21)C(=O)[C@@H]1CCC(=O)NC1. The molecule has 2 heterocycles. The van der Waals surface area contributed by atoms with Crippen LogP contribution >= 0.6 is 0 Å². The molecule has 0 unspecified atom stereocenters. The molecule has 0 saturated carbocycles. The summed E-state index contributed by atoms with van der Waals surface area (Å²) in [6.45, 7) is 1.70. The van der Waals surface area contributed by atoms with Crippen molar-refractivity contribution >= 4 is 11.8 Å². The lowest BCUT2D eigenvalue weighted by molar-refractivity contribution is -0.138. The van der Waals surface area contributed by atoms with E-state index >= 15 is 0 Å². The van der Waals surface area contributed by atoms with Gasteiger partial charge in [-0.05, 0) is 24.0 Å². The zero-order valence-electron chi connectivity index (χ0n) is 12.9. The number of ether oxygens (including phenoxy) is 1. The van der Waals surface area contributed by atoms with Crippen molar-refractivity contribution in [1.82, 2.24) is 10.2 Å². The first kappa shape index (κ1) is 15.0. The maximum absolute atomic E-state index is 12.5. The zero-order chi connectivity index (χ0) is 15.5. The van der Waals surface area contributed by atoms with Crippen LogP contribution in [0.15, 0.2) is 24.3 Å². The van der Waals surface area contributed by atoms with E-state index in [4.69, 9.17) is 4.74 Å². The fourth-order valence-electron chi connectivity index (χ4n) is 3.22. The first-order valence-electron chi connectivity index (χ1n) is 7.86. The molecular formula is C17H22N2O3. The van der Waals surface area contributed by atoms with E-state index in [9.17, 15) is 9.59 Å². The summed E-state index contributed by atoms with van der Waals surface area (Å²) in [5.41, 5.74) is 2.50. The highest BCUT2D eigenvalue weighted by Crippen LogP contribution is 2.28. The number of benzene rings is 1. The van der Waals surface area contributed by atoms with E-state index < -0.39 is 0 Å². The number of carbonyl (C=O) groups excluding carboxylic acids is 2. The first-order chi connectivity index (χ1) is 10.6. The summed E-state index contributed by atoms with van der Waals surface area (Å²) in [6.07, 6.45) is 1.94. The number of likely N-dealkylation sites (N-methyl/N-ethyl adjacent to an activating group) is 1. The van der Waals surface area contributed by atoms with Gasteiger partial charge in [-0.25, -0.2) is 0 Å². The Morgan fingerprint density at radius 3 is 2.95 bits per heavy atom. The van der Waals surface area contributed by atoms with Gasteiger partial charge in [0.1, 0.15) is 6.10 Å². The molecule has 118 valence electrons. The van der Waals surface area contributed by atoms with Gasteiger partial charge in [0, 0.05) is 20.0 Å².